The summed E-state index contributed by atoms with van der Waals surface area (Å²) in [5.74, 6) is 3.28. The fourth-order valence-corrected chi connectivity index (χ4v) is 6.24. The number of aromatic nitrogens is 1. The molecule has 2 atom stereocenters. The molecule has 4 aliphatic carbocycles. The molecule has 4 fully saturated rings. The van der Waals surface area contributed by atoms with Gasteiger partial charge < -0.3 is 0 Å². The first kappa shape index (κ1) is 13.1. The second-order valence-corrected chi connectivity index (χ2v) is 8.20. The molecular weight excluding hydrogens is 266 g/mol. The largest absolute Gasteiger partial charge is 0.261 e. The van der Waals surface area contributed by atoms with Crippen LogP contribution >= 0.6 is 11.6 Å². The van der Waals surface area contributed by atoms with Gasteiger partial charge in [-0.05, 0) is 73.8 Å². The highest BCUT2D eigenvalue weighted by Crippen LogP contribution is 2.63. The van der Waals surface area contributed by atoms with Gasteiger partial charge in [0.15, 0.2) is 0 Å². The monoisotopic (exact) mass is 289 g/mol. The van der Waals surface area contributed by atoms with E-state index < -0.39 is 0 Å². The van der Waals surface area contributed by atoms with Gasteiger partial charge in [-0.15, -0.1) is 11.6 Å². The topological polar surface area (TPSA) is 12.9 Å². The zero-order chi connectivity index (χ0) is 13.7. The van der Waals surface area contributed by atoms with Crippen molar-refractivity contribution in [3.63, 3.8) is 0 Å². The molecule has 20 heavy (non-hydrogen) atoms. The first-order chi connectivity index (χ1) is 9.66. The Hall–Kier alpha value is -0.560. The van der Waals surface area contributed by atoms with E-state index in [0.717, 1.165) is 17.8 Å². The summed E-state index contributed by atoms with van der Waals surface area (Å²) < 4.78 is 0. The summed E-state index contributed by atoms with van der Waals surface area (Å²) in [6.45, 7) is 2.28. The Balaban J connectivity index is 1.60. The molecule has 4 bridgehead atoms. The second kappa shape index (κ2) is 4.73. The molecule has 0 radical (unpaired) electrons. The molecule has 4 aliphatic rings. The number of rotatable bonds is 3. The molecule has 1 aromatic rings. The third-order valence-electron chi connectivity index (χ3n) is 6.26. The van der Waals surface area contributed by atoms with Gasteiger partial charge in [-0.2, -0.15) is 0 Å². The summed E-state index contributed by atoms with van der Waals surface area (Å²) in [4.78, 5) is 4.54. The Morgan fingerprint density at radius 2 is 1.70 bits per heavy atom. The number of alkyl halides is 1. The summed E-state index contributed by atoms with van der Waals surface area (Å²) >= 11 is 7.05. The van der Waals surface area contributed by atoms with Crippen LogP contribution in [0.3, 0.4) is 0 Å². The van der Waals surface area contributed by atoms with Crippen molar-refractivity contribution >= 4 is 11.6 Å². The SMILES string of the molecule is CC(c1ccccn1)C(Cl)C12CC3CC(CC(C3)C1)C2. The predicted octanol–water partition coefficient (Wildman–Crippen LogP) is 5.01. The third kappa shape index (κ3) is 2.01. The van der Waals surface area contributed by atoms with Crippen LogP contribution in [0.15, 0.2) is 24.4 Å². The normalized spacial score (nSPS) is 41.6. The number of nitrogens with zero attached hydrogens (tertiary/aromatic N) is 1. The van der Waals surface area contributed by atoms with Crippen molar-refractivity contribution in [1.29, 1.82) is 0 Å². The van der Waals surface area contributed by atoms with Gasteiger partial charge in [-0.3, -0.25) is 4.98 Å². The van der Waals surface area contributed by atoms with E-state index in [2.05, 4.69) is 24.0 Å². The van der Waals surface area contributed by atoms with Gasteiger partial charge >= 0.3 is 0 Å². The number of pyridine rings is 1. The average Bonchev–Trinajstić information content (AvgIpc) is 2.45. The van der Waals surface area contributed by atoms with Crippen molar-refractivity contribution < 1.29 is 0 Å². The van der Waals surface area contributed by atoms with Gasteiger partial charge in [0.2, 0.25) is 0 Å². The summed E-state index contributed by atoms with van der Waals surface area (Å²) in [6, 6.07) is 6.22. The van der Waals surface area contributed by atoms with Crippen molar-refractivity contribution in [3.05, 3.63) is 30.1 Å². The molecule has 0 saturated heterocycles. The van der Waals surface area contributed by atoms with E-state index in [-0.39, 0.29) is 5.38 Å². The summed E-state index contributed by atoms with van der Waals surface area (Å²) in [5.41, 5.74) is 1.58. The minimum absolute atomic E-state index is 0.255. The zero-order valence-electron chi connectivity index (χ0n) is 12.3. The number of hydrogen-bond acceptors (Lipinski definition) is 1. The van der Waals surface area contributed by atoms with E-state index in [9.17, 15) is 0 Å². The molecule has 4 saturated carbocycles. The lowest BCUT2D eigenvalue weighted by molar-refractivity contribution is -0.0575. The van der Waals surface area contributed by atoms with Crippen LogP contribution in [-0.4, -0.2) is 10.4 Å². The maximum absolute atomic E-state index is 7.05. The Kier molecular flexibility index (Phi) is 3.10. The van der Waals surface area contributed by atoms with Crippen LogP contribution in [0, 0.1) is 23.2 Å². The van der Waals surface area contributed by atoms with Crippen LogP contribution in [0.25, 0.3) is 0 Å². The van der Waals surface area contributed by atoms with Gasteiger partial charge in [-0.25, -0.2) is 0 Å². The maximum atomic E-state index is 7.05. The Labute approximate surface area is 127 Å². The molecule has 2 unspecified atom stereocenters. The summed E-state index contributed by atoms with van der Waals surface area (Å²) in [7, 11) is 0. The molecule has 1 aromatic heterocycles. The minimum atomic E-state index is 0.255. The fourth-order valence-electron chi connectivity index (χ4n) is 5.84. The standard InChI is InChI=1S/C18H24ClN/c1-12(16-4-2-3-5-20-16)17(19)18-9-13-6-14(10-18)8-15(7-13)11-18/h2-5,12-15,17H,6-11H2,1H3. The maximum Gasteiger partial charge on any atom is 0.0473 e. The molecule has 0 aromatic carbocycles. The predicted molar refractivity (Wildman–Crippen MR) is 82.9 cm³/mol. The second-order valence-electron chi connectivity index (χ2n) is 7.72. The molecule has 0 aliphatic heterocycles. The van der Waals surface area contributed by atoms with Gasteiger partial charge in [0.1, 0.15) is 0 Å². The highest BCUT2D eigenvalue weighted by Gasteiger charge is 2.54. The van der Waals surface area contributed by atoms with Crippen LogP contribution in [0.4, 0.5) is 0 Å². The van der Waals surface area contributed by atoms with Crippen LogP contribution in [0.1, 0.15) is 57.1 Å². The average molecular weight is 290 g/mol. The van der Waals surface area contributed by atoms with E-state index >= 15 is 0 Å². The molecule has 1 nitrogen and oxygen atoms in total. The van der Waals surface area contributed by atoms with Crippen LogP contribution in [0.5, 0.6) is 0 Å². The number of halogens is 1. The molecular formula is C18H24ClN. The Morgan fingerprint density at radius 3 is 2.20 bits per heavy atom. The Morgan fingerprint density at radius 1 is 1.10 bits per heavy atom. The van der Waals surface area contributed by atoms with E-state index in [0.29, 0.717) is 11.3 Å². The van der Waals surface area contributed by atoms with Crippen LogP contribution in [0.2, 0.25) is 0 Å². The van der Waals surface area contributed by atoms with Gasteiger partial charge in [0, 0.05) is 23.2 Å². The lowest BCUT2D eigenvalue weighted by Crippen LogP contribution is -2.51. The highest BCUT2D eigenvalue weighted by atomic mass is 35.5. The van der Waals surface area contributed by atoms with E-state index in [1.54, 1.807) is 0 Å². The van der Waals surface area contributed by atoms with Crippen molar-refractivity contribution in [2.24, 2.45) is 23.2 Å². The zero-order valence-corrected chi connectivity index (χ0v) is 13.0. The fraction of sp³-hybridized carbons (Fsp3) is 0.722. The van der Waals surface area contributed by atoms with Gasteiger partial charge in [0.05, 0.1) is 0 Å². The molecule has 0 spiro atoms. The van der Waals surface area contributed by atoms with Crippen molar-refractivity contribution in [1.82, 2.24) is 4.98 Å². The third-order valence-corrected chi connectivity index (χ3v) is 7.10. The smallest absolute Gasteiger partial charge is 0.0473 e. The molecule has 2 heteroatoms. The minimum Gasteiger partial charge on any atom is -0.261 e. The lowest BCUT2D eigenvalue weighted by atomic mass is 9.48. The van der Waals surface area contributed by atoms with Crippen molar-refractivity contribution in [2.45, 2.75) is 56.7 Å². The van der Waals surface area contributed by atoms with Crippen molar-refractivity contribution in [3.8, 4) is 0 Å². The first-order valence-electron chi connectivity index (χ1n) is 8.21. The van der Waals surface area contributed by atoms with Crippen molar-refractivity contribution in [2.75, 3.05) is 0 Å². The molecule has 1 heterocycles. The lowest BCUT2D eigenvalue weighted by Gasteiger charge is -2.59. The highest BCUT2D eigenvalue weighted by molar-refractivity contribution is 6.21. The Bertz CT molecular complexity index is 448. The van der Waals surface area contributed by atoms with Crippen LogP contribution in [-0.2, 0) is 0 Å². The van der Waals surface area contributed by atoms with Gasteiger partial charge in [0.25, 0.3) is 0 Å². The molecule has 5 rings (SSSR count). The summed E-state index contributed by atoms with van der Waals surface area (Å²) in [5, 5.41) is 0.255. The molecule has 0 N–H and O–H groups in total. The quantitative estimate of drug-likeness (QED) is 0.713. The van der Waals surface area contributed by atoms with Gasteiger partial charge in [-0.1, -0.05) is 13.0 Å². The number of hydrogen-bond donors (Lipinski definition) is 0. The summed E-state index contributed by atoms with van der Waals surface area (Å²) in [6.07, 6.45) is 10.5. The molecule has 108 valence electrons. The van der Waals surface area contributed by atoms with Crippen LogP contribution < -0.4 is 0 Å². The molecule has 0 amide bonds. The van der Waals surface area contributed by atoms with E-state index in [1.807, 2.05) is 12.3 Å². The van der Waals surface area contributed by atoms with E-state index in [1.165, 1.54) is 44.2 Å². The van der Waals surface area contributed by atoms with E-state index in [4.69, 9.17) is 11.6 Å². The first-order valence-corrected chi connectivity index (χ1v) is 8.65.